The van der Waals surface area contributed by atoms with Gasteiger partial charge in [0.25, 0.3) is 0 Å². The summed E-state index contributed by atoms with van der Waals surface area (Å²) in [6.07, 6.45) is 0. The summed E-state index contributed by atoms with van der Waals surface area (Å²) in [6.45, 7) is 4.71. The van der Waals surface area contributed by atoms with Gasteiger partial charge in [-0.3, -0.25) is 5.84 Å². The van der Waals surface area contributed by atoms with Gasteiger partial charge in [0.15, 0.2) is 0 Å². The molecule has 3 nitrogen and oxygen atoms in total. The molecule has 0 spiro atoms. The molecule has 3 heteroatoms. The predicted molar refractivity (Wildman–Crippen MR) is 40.2 cm³/mol. The highest BCUT2D eigenvalue weighted by molar-refractivity contribution is 4.89. The number of fused-ring (bicyclic) bond motifs is 1. The molecule has 2 N–H and O–H groups in total. The van der Waals surface area contributed by atoms with Crippen molar-refractivity contribution in [2.24, 2.45) is 17.7 Å². The average molecular weight is 141 g/mol. The molecule has 0 bridgehead atoms. The van der Waals surface area contributed by atoms with Crippen molar-refractivity contribution >= 4 is 0 Å². The van der Waals surface area contributed by atoms with E-state index < -0.39 is 0 Å². The molecular weight excluding hydrogens is 126 g/mol. The molecule has 0 aromatic carbocycles. The van der Waals surface area contributed by atoms with Gasteiger partial charge in [-0.1, -0.05) is 0 Å². The summed E-state index contributed by atoms with van der Waals surface area (Å²) >= 11 is 0. The zero-order valence-electron chi connectivity index (χ0n) is 6.45. The van der Waals surface area contributed by atoms with E-state index in [2.05, 4.69) is 11.9 Å². The molecular formula is C7H15N3. The number of hydrogen-bond donors (Lipinski definition) is 1. The molecule has 58 valence electrons. The minimum absolute atomic E-state index is 0.856. The summed E-state index contributed by atoms with van der Waals surface area (Å²) in [5.74, 6) is 7.40. The highest BCUT2D eigenvalue weighted by atomic mass is 15.4. The van der Waals surface area contributed by atoms with Gasteiger partial charge in [0.1, 0.15) is 0 Å². The van der Waals surface area contributed by atoms with E-state index >= 15 is 0 Å². The van der Waals surface area contributed by atoms with Gasteiger partial charge >= 0.3 is 0 Å². The summed E-state index contributed by atoms with van der Waals surface area (Å²) in [5.41, 5.74) is 0. The third kappa shape index (κ3) is 0.944. The van der Waals surface area contributed by atoms with Crippen molar-refractivity contribution in [2.45, 2.75) is 0 Å². The van der Waals surface area contributed by atoms with Gasteiger partial charge in [-0.2, -0.15) is 0 Å². The fraction of sp³-hybridized carbons (Fsp3) is 1.00. The molecule has 10 heavy (non-hydrogen) atoms. The van der Waals surface area contributed by atoms with Crippen LogP contribution in [-0.4, -0.2) is 43.1 Å². The Morgan fingerprint density at radius 1 is 1.10 bits per heavy atom. The van der Waals surface area contributed by atoms with E-state index in [9.17, 15) is 0 Å². The Balaban J connectivity index is 2.00. The summed E-state index contributed by atoms with van der Waals surface area (Å²) in [6, 6.07) is 0. The molecule has 0 saturated carbocycles. The van der Waals surface area contributed by atoms with Crippen LogP contribution in [-0.2, 0) is 0 Å². The van der Waals surface area contributed by atoms with E-state index in [0.29, 0.717) is 0 Å². The fourth-order valence-electron chi connectivity index (χ4n) is 2.26. The topological polar surface area (TPSA) is 32.5 Å². The molecule has 2 heterocycles. The van der Waals surface area contributed by atoms with Gasteiger partial charge in [-0.25, -0.2) is 5.01 Å². The van der Waals surface area contributed by atoms with Crippen molar-refractivity contribution < 1.29 is 0 Å². The molecule has 2 aliphatic heterocycles. The van der Waals surface area contributed by atoms with Gasteiger partial charge < -0.3 is 4.90 Å². The monoisotopic (exact) mass is 141 g/mol. The van der Waals surface area contributed by atoms with Crippen molar-refractivity contribution in [1.29, 1.82) is 0 Å². The number of likely N-dealkylation sites (tertiary alicyclic amines) is 1. The molecule has 0 aliphatic carbocycles. The molecule has 0 aromatic heterocycles. The second-order valence-electron chi connectivity index (χ2n) is 3.70. The highest BCUT2D eigenvalue weighted by Gasteiger charge is 2.37. The third-order valence-corrected chi connectivity index (χ3v) is 2.70. The summed E-state index contributed by atoms with van der Waals surface area (Å²) < 4.78 is 0. The molecule has 2 aliphatic rings. The first kappa shape index (κ1) is 6.58. The van der Waals surface area contributed by atoms with Crippen molar-refractivity contribution in [2.75, 3.05) is 33.2 Å². The molecule has 0 radical (unpaired) electrons. The first-order valence-corrected chi connectivity index (χ1v) is 3.94. The Kier molecular flexibility index (Phi) is 1.44. The van der Waals surface area contributed by atoms with Gasteiger partial charge in [-0.05, 0) is 18.9 Å². The van der Waals surface area contributed by atoms with E-state index in [1.54, 1.807) is 0 Å². The quantitative estimate of drug-likeness (QED) is 0.455. The van der Waals surface area contributed by atoms with Gasteiger partial charge in [0.05, 0.1) is 0 Å². The Morgan fingerprint density at radius 3 is 2.10 bits per heavy atom. The van der Waals surface area contributed by atoms with Crippen LogP contribution in [0.5, 0.6) is 0 Å². The van der Waals surface area contributed by atoms with Crippen molar-refractivity contribution in [3.8, 4) is 0 Å². The number of hydrazine groups is 1. The lowest BCUT2D eigenvalue weighted by Crippen LogP contribution is -2.32. The maximum absolute atomic E-state index is 5.69. The van der Waals surface area contributed by atoms with Crippen LogP contribution in [0.15, 0.2) is 0 Å². The second-order valence-corrected chi connectivity index (χ2v) is 3.70. The van der Waals surface area contributed by atoms with Crippen LogP contribution in [0.3, 0.4) is 0 Å². The van der Waals surface area contributed by atoms with Gasteiger partial charge in [-0.15, -0.1) is 0 Å². The number of hydrogen-bond acceptors (Lipinski definition) is 3. The Morgan fingerprint density at radius 2 is 1.60 bits per heavy atom. The maximum Gasteiger partial charge on any atom is 0.0172 e. The average Bonchev–Trinajstić information content (AvgIpc) is 2.21. The van der Waals surface area contributed by atoms with E-state index in [1.165, 1.54) is 13.1 Å². The largest absolute Gasteiger partial charge is 0.306 e. The van der Waals surface area contributed by atoms with Crippen molar-refractivity contribution in [1.82, 2.24) is 9.91 Å². The van der Waals surface area contributed by atoms with Crippen LogP contribution >= 0.6 is 0 Å². The predicted octanol–water partition coefficient (Wildman–Crippen LogP) is -0.646. The Labute approximate surface area is 61.7 Å². The zero-order chi connectivity index (χ0) is 7.14. The number of rotatable bonds is 0. The molecule has 2 saturated heterocycles. The first-order chi connectivity index (χ1) is 4.75. The minimum atomic E-state index is 0.856. The van der Waals surface area contributed by atoms with Crippen LogP contribution in [0, 0.1) is 11.8 Å². The summed E-state index contributed by atoms with van der Waals surface area (Å²) in [5, 5.41) is 1.96. The lowest BCUT2D eigenvalue weighted by atomic mass is 10.0. The van der Waals surface area contributed by atoms with Crippen LogP contribution in [0.1, 0.15) is 0 Å². The molecule has 0 unspecified atom stereocenters. The highest BCUT2D eigenvalue weighted by Crippen LogP contribution is 2.27. The van der Waals surface area contributed by atoms with Crippen LogP contribution < -0.4 is 5.84 Å². The third-order valence-electron chi connectivity index (χ3n) is 2.70. The van der Waals surface area contributed by atoms with Crippen molar-refractivity contribution in [3.63, 3.8) is 0 Å². The molecule has 2 rings (SSSR count). The van der Waals surface area contributed by atoms with E-state index in [4.69, 9.17) is 5.84 Å². The fourth-order valence-corrected chi connectivity index (χ4v) is 2.26. The molecule has 0 aromatic rings. The SMILES string of the molecule is CN1C[C@@H]2CN(N)C[C@@H]2C1. The van der Waals surface area contributed by atoms with Gasteiger partial charge in [0, 0.05) is 26.2 Å². The standard InChI is InChI=1S/C7H15N3/c1-9-2-6-4-10(8)5-7(6)3-9/h6-7H,2-5,8H2,1H3/t6-,7+. The lowest BCUT2D eigenvalue weighted by Gasteiger charge is -2.12. The van der Waals surface area contributed by atoms with Crippen LogP contribution in [0.4, 0.5) is 0 Å². The lowest BCUT2D eigenvalue weighted by molar-refractivity contribution is 0.285. The van der Waals surface area contributed by atoms with Crippen LogP contribution in [0.25, 0.3) is 0 Å². The maximum atomic E-state index is 5.69. The van der Waals surface area contributed by atoms with Gasteiger partial charge in [0.2, 0.25) is 0 Å². The van der Waals surface area contributed by atoms with Crippen LogP contribution in [0.2, 0.25) is 0 Å². The van der Waals surface area contributed by atoms with E-state index in [1.807, 2.05) is 5.01 Å². The zero-order valence-corrected chi connectivity index (χ0v) is 6.45. The Hall–Kier alpha value is -0.120. The first-order valence-electron chi connectivity index (χ1n) is 3.94. The molecule has 0 amide bonds. The van der Waals surface area contributed by atoms with E-state index in [0.717, 1.165) is 24.9 Å². The van der Waals surface area contributed by atoms with E-state index in [-0.39, 0.29) is 0 Å². The number of nitrogens with zero attached hydrogens (tertiary/aromatic N) is 2. The van der Waals surface area contributed by atoms with Crippen molar-refractivity contribution in [3.05, 3.63) is 0 Å². The smallest absolute Gasteiger partial charge is 0.0172 e. The number of nitrogens with two attached hydrogens (primary N) is 1. The summed E-state index contributed by atoms with van der Waals surface area (Å²) in [4.78, 5) is 2.41. The summed E-state index contributed by atoms with van der Waals surface area (Å²) in [7, 11) is 2.19. The second kappa shape index (κ2) is 2.19. The molecule has 2 fully saturated rings. The minimum Gasteiger partial charge on any atom is -0.306 e. The Bertz CT molecular complexity index is 109. The molecule has 2 atom stereocenters. The normalized spacial score (nSPS) is 42.6.